The molecule has 5 nitrogen and oxygen atoms in total. The number of rotatable bonds is 5. The number of carbonyl (C=O) groups is 1. The van der Waals surface area contributed by atoms with Gasteiger partial charge in [0.25, 0.3) is 5.91 Å². The van der Waals surface area contributed by atoms with E-state index in [2.05, 4.69) is 21.2 Å². The molecular weight excluding hydrogens is 350 g/mol. The summed E-state index contributed by atoms with van der Waals surface area (Å²) < 4.78 is 17.0. The molecule has 0 saturated carbocycles. The van der Waals surface area contributed by atoms with Crippen LogP contribution in [0.5, 0.6) is 17.2 Å². The van der Waals surface area contributed by atoms with Crippen molar-refractivity contribution in [2.45, 2.75) is 0 Å². The molecule has 1 aliphatic rings. The fraction of sp³-hybridized carbons (Fsp3) is 0.188. The van der Waals surface area contributed by atoms with Gasteiger partial charge in [-0.05, 0) is 36.4 Å². The van der Waals surface area contributed by atoms with Crippen LogP contribution in [0.25, 0.3) is 0 Å². The predicted molar refractivity (Wildman–Crippen MR) is 84.5 cm³/mol. The minimum Gasteiger partial charge on any atom is -0.492 e. The van der Waals surface area contributed by atoms with Crippen molar-refractivity contribution in [3.63, 3.8) is 0 Å². The predicted octanol–water partition coefficient (Wildman–Crippen LogP) is 2.99. The van der Waals surface area contributed by atoms with E-state index in [0.717, 1.165) is 10.2 Å². The second-order valence-corrected chi connectivity index (χ2v) is 5.55. The molecular formula is C16H14BrNO4. The summed E-state index contributed by atoms with van der Waals surface area (Å²) in [7, 11) is 0. The van der Waals surface area contributed by atoms with Gasteiger partial charge in [0.15, 0.2) is 11.5 Å². The monoisotopic (exact) mass is 363 g/mol. The molecule has 0 saturated heterocycles. The SMILES string of the molecule is O=C(NCCOc1cccc(Br)c1)c1ccc2c(c1)OCO2. The summed E-state index contributed by atoms with van der Waals surface area (Å²) in [5.41, 5.74) is 0.534. The van der Waals surface area contributed by atoms with Gasteiger partial charge < -0.3 is 19.5 Å². The van der Waals surface area contributed by atoms with E-state index in [1.54, 1.807) is 18.2 Å². The van der Waals surface area contributed by atoms with Crippen molar-refractivity contribution in [3.8, 4) is 17.2 Å². The second kappa shape index (κ2) is 6.70. The van der Waals surface area contributed by atoms with Crippen LogP contribution in [0.15, 0.2) is 46.9 Å². The van der Waals surface area contributed by atoms with Crippen LogP contribution in [0.2, 0.25) is 0 Å². The largest absolute Gasteiger partial charge is 0.492 e. The first kappa shape index (κ1) is 14.7. The van der Waals surface area contributed by atoms with Crippen molar-refractivity contribution >= 4 is 21.8 Å². The third-order valence-corrected chi connectivity index (χ3v) is 3.58. The maximum absolute atomic E-state index is 12.0. The lowest BCUT2D eigenvalue weighted by Gasteiger charge is -2.08. The molecule has 0 bridgehead atoms. The molecule has 0 fully saturated rings. The van der Waals surface area contributed by atoms with Gasteiger partial charge in [0, 0.05) is 10.0 Å². The van der Waals surface area contributed by atoms with Crippen molar-refractivity contribution in [3.05, 3.63) is 52.5 Å². The summed E-state index contributed by atoms with van der Waals surface area (Å²) in [6, 6.07) is 12.7. The molecule has 0 aliphatic carbocycles. The van der Waals surface area contributed by atoms with E-state index in [0.29, 0.717) is 30.2 Å². The Balaban J connectivity index is 1.48. The molecule has 1 aliphatic heterocycles. The number of hydrogen-bond acceptors (Lipinski definition) is 4. The third kappa shape index (κ3) is 3.51. The van der Waals surface area contributed by atoms with Crippen LogP contribution < -0.4 is 19.5 Å². The van der Waals surface area contributed by atoms with Crippen molar-refractivity contribution < 1.29 is 19.0 Å². The molecule has 1 heterocycles. The number of fused-ring (bicyclic) bond motifs is 1. The van der Waals surface area contributed by atoms with Gasteiger partial charge in [-0.15, -0.1) is 0 Å². The van der Waals surface area contributed by atoms with Crippen LogP contribution in [0, 0.1) is 0 Å². The summed E-state index contributed by atoms with van der Waals surface area (Å²) in [5.74, 6) is 1.84. The van der Waals surface area contributed by atoms with Crippen LogP contribution in [0.3, 0.4) is 0 Å². The van der Waals surface area contributed by atoms with Crippen LogP contribution in [0.1, 0.15) is 10.4 Å². The molecule has 1 N–H and O–H groups in total. The first-order valence-electron chi connectivity index (χ1n) is 6.78. The summed E-state index contributed by atoms with van der Waals surface area (Å²) >= 11 is 3.38. The Kier molecular flexibility index (Phi) is 4.48. The molecule has 0 atom stereocenters. The minimum atomic E-state index is -0.170. The Morgan fingerprint density at radius 1 is 1.18 bits per heavy atom. The minimum absolute atomic E-state index is 0.170. The summed E-state index contributed by atoms with van der Waals surface area (Å²) in [5, 5.41) is 2.80. The van der Waals surface area contributed by atoms with Crippen molar-refractivity contribution in [2.24, 2.45) is 0 Å². The molecule has 0 aromatic heterocycles. The van der Waals surface area contributed by atoms with Crippen LogP contribution in [0.4, 0.5) is 0 Å². The fourth-order valence-electron chi connectivity index (χ4n) is 2.03. The third-order valence-electron chi connectivity index (χ3n) is 3.09. The van der Waals surface area contributed by atoms with Gasteiger partial charge >= 0.3 is 0 Å². The van der Waals surface area contributed by atoms with Crippen molar-refractivity contribution in [1.29, 1.82) is 0 Å². The Morgan fingerprint density at radius 2 is 2.05 bits per heavy atom. The molecule has 6 heteroatoms. The van der Waals surface area contributed by atoms with Gasteiger partial charge in [-0.2, -0.15) is 0 Å². The lowest BCUT2D eigenvalue weighted by molar-refractivity contribution is 0.0946. The van der Waals surface area contributed by atoms with E-state index in [4.69, 9.17) is 14.2 Å². The van der Waals surface area contributed by atoms with Gasteiger partial charge in [0.2, 0.25) is 6.79 Å². The Morgan fingerprint density at radius 3 is 2.91 bits per heavy atom. The molecule has 2 aromatic rings. The van der Waals surface area contributed by atoms with Gasteiger partial charge in [-0.1, -0.05) is 22.0 Å². The van der Waals surface area contributed by atoms with E-state index in [9.17, 15) is 4.79 Å². The van der Waals surface area contributed by atoms with Gasteiger partial charge in [0.05, 0.1) is 6.54 Å². The standard InChI is InChI=1S/C16H14BrNO4/c17-12-2-1-3-13(9-12)20-7-6-18-16(19)11-4-5-14-15(8-11)22-10-21-14/h1-5,8-9H,6-7,10H2,(H,18,19). The fourth-order valence-corrected chi connectivity index (χ4v) is 2.41. The zero-order valence-corrected chi connectivity index (χ0v) is 13.3. The quantitative estimate of drug-likeness (QED) is 0.829. The highest BCUT2D eigenvalue weighted by Gasteiger charge is 2.15. The maximum atomic E-state index is 12.0. The average molecular weight is 364 g/mol. The molecule has 114 valence electrons. The van der Waals surface area contributed by atoms with Crippen molar-refractivity contribution in [1.82, 2.24) is 5.32 Å². The number of carbonyl (C=O) groups excluding carboxylic acids is 1. The zero-order chi connectivity index (χ0) is 15.4. The van der Waals surface area contributed by atoms with Crippen LogP contribution >= 0.6 is 15.9 Å². The highest BCUT2D eigenvalue weighted by atomic mass is 79.9. The highest BCUT2D eigenvalue weighted by Crippen LogP contribution is 2.32. The Hall–Kier alpha value is -2.21. The van der Waals surface area contributed by atoms with E-state index in [1.807, 2.05) is 24.3 Å². The number of ether oxygens (including phenoxy) is 3. The normalized spacial score (nSPS) is 12.0. The number of nitrogens with one attached hydrogen (secondary N) is 1. The first-order valence-corrected chi connectivity index (χ1v) is 7.58. The molecule has 22 heavy (non-hydrogen) atoms. The first-order chi connectivity index (χ1) is 10.7. The van der Waals surface area contributed by atoms with Crippen LogP contribution in [-0.4, -0.2) is 25.9 Å². The van der Waals surface area contributed by atoms with E-state index < -0.39 is 0 Å². The second-order valence-electron chi connectivity index (χ2n) is 4.63. The summed E-state index contributed by atoms with van der Waals surface area (Å²) in [6.07, 6.45) is 0. The average Bonchev–Trinajstić information content (AvgIpc) is 2.99. The van der Waals surface area contributed by atoms with Gasteiger partial charge in [0.1, 0.15) is 12.4 Å². The van der Waals surface area contributed by atoms with E-state index >= 15 is 0 Å². The Bertz CT molecular complexity index is 690. The lowest BCUT2D eigenvalue weighted by Crippen LogP contribution is -2.28. The van der Waals surface area contributed by atoms with Gasteiger partial charge in [-0.25, -0.2) is 0 Å². The number of halogens is 1. The maximum Gasteiger partial charge on any atom is 0.251 e. The number of hydrogen-bond donors (Lipinski definition) is 1. The molecule has 2 aromatic carbocycles. The van der Waals surface area contributed by atoms with Gasteiger partial charge in [-0.3, -0.25) is 4.79 Å². The number of amides is 1. The smallest absolute Gasteiger partial charge is 0.251 e. The highest BCUT2D eigenvalue weighted by molar-refractivity contribution is 9.10. The van der Waals surface area contributed by atoms with Crippen molar-refractivity contribution in [2.75, 3.05) is 19.9 Å². The topological polar surface area (TPSA) is 56.8 Å². The van der Waals surface area contributed by atoms with E-state index in [-0.39, 0.29) is 12.7 Å². The number of benzene rings is 2. The molecule has 0 spiro atoms. The van der Waals surface area contributed by atoms with E-state index in [1.165, 1.54) is 0 Å². The summed E-state index contributed by atoms with van der Waals surface area (Å²) in [4.78, 5) is 12.0. The molecule has 1 amide bonds. The van der Waals surface area contributed by atoms with Crippen LogP contribution in [-0.2, 0) is 0 Å². The Labute approximate surface area is 136 Å². The summed E-state index contributed by atoms with van der Waals surface area (Å²) in [6.45, 7) is 1.01. The zero-order valence-electron chi connectivity index (χ0n) is 11.7. The molecule has 0 unspecified atom stereocenters. The molecule has 0 radical (unpaired) electrons. The molecule has 3 rings (SSSR count). The lowest BCUT2D eigenvalue weighted by atomic mass is 10.2.